The largest absolute Gasteiger partial charge is 0.383 e. The number of rotatable bonds is 9. The first kappa shape index (κ1) is 19.9. The van der Waals surface area contributed by atoms with Gasteiger partial charge < -0.3 is 15.4 Å². The molecule has 2 aromatic rings. The number of ether oxygens (including phenoxy) is 1. The number of hydrogen-bond donors (Lipinski definition) is 2. The van der Waals surface area contributed by atoms with E-state index < -0.39 is 0 Å². The number of methoxy groups -OCH3 is 1. The molecule has 2 aromatic carbocycles. The Morgan fingerprint density at radius 3 is 2.58 bits per heavy atom. The third-order valence-corrected chi connectivity index (χ3v) is 4.46. The number of anilines is 1. The molecule has 5 nitrogen and oxygen atoms in total. The number of carbonyl (C=O) groups is 2. The molecule has 0 aliphatic carbocycles. The molecule has 138 valence electrons. The van der Waals surface area contributed by atoms with Crippen LogP contribution in [0.2, 0.25) is 0 Å². The summed E-state index contributed by atoms with van der Waals surface area (Å²) >= 11 is 1.42. The normalized spacial score (nSPS) is 10.4. The summed E-state index contributed by atoms with van der Waals surface area (Å²) in [4.78, 5) is 24.3. The number of amides is 2. The van der Waals surface area contributed by atoms with Crippen molar-refractivity contribution in [3.8, 4) is 0 Å². The summed E-state index contributed by atoms with van der Waals surface area (Å²) in [5, 5.41) is 5.50. The highest BCUT2D eigenvalue weighted by Gasteiger charge is 2.12. The van der Waals surface area contributed by atoms with E-state index in [1.165, 1.54) is 23.9 Å². The fraction of sp³-hybridized carbons (Fsp3) is 0.263. The lowest BCUT2D eigenvalue weighted by molar-refractivity contribution is -0.113. The molecular weight excluding hydrogens is 355 g/mol. The van der Waals surface area contributed by atoms with Gasteiger partial charge in [-0.1, -0.05) is 24.3 Å². The molecule has 0 atom stereocenters. The molecule has 0 bridgehead atoms. The van der Waals surface area contributed by atoms with Crippen LogP contribution in [-0.2, 0) is 15.3 Å². The van der Waals surface area contributed by atoms with Crippen LogP contribution in [0.25, 0.3) is 0 Å². The van der Waals surface area contributed by atoms with E-state index in [9.17, 15) is 14.0 Å². The highest BCUT2D eigenvalue weighted by atomic mass is 32.2. The van der Waals surface area contributed by atoms with Gasteiger partial charge in [0.25, 0.3) is 5.91 Å². The van der Waals surface area contributed by atoms with Crippen molar-refractivity contribution in [1.82, 2.24) is 5.32 Å². The predicted molar refractivity (Wildman–Crippen MR) is 102 cm³/mol. The number of hydrogen-bond acceptors (Lipinski definition) is 4. The van der Waals surface area contributed by atoms with Crippen LogP contribution in [0, 0.1) is 5.82 Å². The first-order chi connectivity index (χ1) is 12.6. The lowest BCUT2D eigenvalue weighted by Crippen LogP contribution is -2.28. The van der Waals surface area contributed by atoms with Crippen LogP contribution >= 0.6 is 11.8 Å². The van der Waals surface area contributed by atoms with Crippen LogP contribution in [0.15, 0.2) is 48.5 Å². The van der Waals surface area contributed by atoms with Gasteiger partial charge in [0, 0.05) is 19.4 Å². The molecule has 0 saturated carbocycles. The first-order valence-electron chi connectivity index (χ1n) is 8.08. The third kappa shape index (κ3) is 6.50. The minimum atomic E-state index is -0.281. The van der Waals surface area contributed by atoms with Gasteiger partial charge in [-0.3, -0.25) is 9.59 Å². The summed E-state index contributed by atoms with van der Waals surface area (Å²) in [6.07, 6.45) is 0. The standard InChI is InChI=1S/C19H21FN2O3S/c1-25-11-10-21-19(24)16-4-2-3-5-17(16)22-18(23)13-26-12-14-6-8-15(20)9-7-14/h2-9H,10-13H2,1H3,(H,21,24)(H,22,23). The molecule has 0 spiro atoms. The van der Waals surface area contributed by atoms with E-state index in [0.717, 1.165) is 5.56 Å². The molecule has 0 saturated heterocycles. The van der Waals surface area contributed by atoms with Crippen molar-refractivity contribution >= 4 is 29.3 Å². The van der Waals surface area contributed by atoms with Gasteiger partial charge in [0.1, 0.15) is 5.82 Å². The summed E-state index contributed by atoms with van der Waals surface area (Å²) in [6, 6.07) is 13.0. The smallest absolute Gasteiger partial charge is 0.253 e. The Kier molecular flexibility index (Phi) is 8.11. The van der Waals surface area contributed by atoms with Crippen molar-refractivity contribution in [1.29, 1.82) is 0 Å². The van der Waals surface area contributed by atoms with Crippen LogP contribution in [0.3, 0.4) is 0 Å². The Bertz CT molecular complexity index is 738. The van der Waals surface area contributed by atoms with Crippen LogP contribution in [0.5, 0.6) is 0 Å². The topological polar surface area (TPSA) is 67.4 Å². The average Bonchev–Trinajstić information content (AvgIpc) is 2.64. The van der Waals surface area contributed by atoms with E-state index in [0.29, 0.717) is 30.2 Å². The van der Waals surface area contributed by atoms with Gasteiger partial charge in [-0.25, -0.2) is 4.39 Å². The first-order valence-corrected chi connectivity index (χ1v) is 9.24. The van der Waals surface area contributed by atoms with E-state index in [1.807, 2.05) is 0 Å². The molecule has 0 radical (unpaired) electrons. The van der Waals surface area contributed by atoms with E-state index in [-0.39, 0.29) is 23.4 Å². The monoisotopic (exact) mass is 376 g/mol. The van der Waals surface area contributed by atoms with Gasteiger partial charge in [0.05, 0.1) is 23.6 Å². The van der Waals surface area contributed by atoms with Crippen molar-refractivity contribution < 1.29 is 18.7 Å². The maximum Gasteiger partial charge on any atom is 0.253 e. The van der Waals surface area contributed by atoms with Gasteiger partial charge in [0.2, 0.25) is 5.91 Å². The molecule has 7 heteroatoms. The Morgan fingerprint density at radius 2 is 1.85 bits per heavy atom. The van der Waals surface area contributed by atoms with Crippen LogP contribution in [0.4, 0.5) is 10.1 Å². The highest BCUT2D eigenvalue weighted by molar-refractivity contribution is 7.99. The molecule has 0 aliphatic rings. The predicted octanol–water partition coefficient (Wildman–Crippen LogP) is 3.07. The van der Waals surface area contributed by atoms with Gasteiger partial charge in [0.15, 0.2) is 0 Å². The van der Waals surface area contributed by atoms with Gasteiger partial charge in [-0.05, 0) is 29.8 Å². The van der Waals surface area contributed by atoms with Gasteiger partial charge >= 0.3 is 0 Å². The molecular formula is C19H21FN2O3S. The number of nitrogens with one attached hydrogen (secondary N) is 2. The summed E-state index contributed by atoms with van der Waals surface area (Å²) < 4.78 is 17.8. The SMILES string of the molecule is COCCNC(=O)c1ccccc1NC(=O)CSCc1ccc(F)cc1. The number of carbonyl (C=O) groups excluding carboxylic acids is 2. The Morgan fingerprint density at radius 1 is 1.12 bits per heavy atom. The van der Waals surface area contributed by atoms with Gasteiger partial charge in [-0.15, -0.1) is 11.8 Å². The quantitative estimate of drug-likeness (QED) is 0.660. The molecule has 2 rings (SSSR count). The fourth-order valence-electron chi connectivity index (χ4n) is 2.18. The van der Waals surface area contributed by atoms with Crippen LogP contribution in [0.1, 0.15) is 15.9 Å². The van der Waals surface area contributed by atoms with E-state index in [4.69, 9.17) is 4.74 Å². The van der Waals surface area contributed by atoms with E-state index in [2.05, 4.69) is 10.6 Å². The second-order valence-corrected chi connectivity index (χ2v) is 6.45. The Labute approximate surface area is 156 Å². The summed E-state index contributed by atoms with van der Waals surface area (Å²) in [7, 11) is 1.56. The number of halogens is 1. The summed E-state index contributed by atoms with van der Waals surface area (Å²) in [5.74, 6) is 0.0900. The number of thioether (sulfide) groups is 1. The van der Waals surface area contributed by atoms with Crippen LogP contribution in [-0.4, -0.2) is 37.8 Å². The highest BCUT2D eigenvalue weighted by Crippen LogP contribution is 2.17. The molecule has 0 unspecified atom stereocenters. The summed E-state index contributed by atoms with van der Waals surface area (Å²) in [5.41, 5.74) is 1.82. The maximum absolute atomic E-state index is 12.9. The zero-order valence-electron chi connectivity index (χ0n) is 14.5. The lowest BCUT2D eigenvalue weighted by Gasteiger charge is -2.11. The number of para-hydroxylation sites is 1. The Balaban J connectivity index is 1.86. The maximum atomic E-state index is 12.9. The molecule has 2 N–H and O–H groups in total. The average molecular weight is 376 g/mol. The van der Waals surface area contributed by atoms with Crippen molar-refractivity contribution in [3.63, 3.8) is 0 Å². The van der Waals surface area contributed by atoms with Gasteiger partial charge in [-0.2, -0.15) is 0 Å². The molecule has 0 aliphatic heterocycles. The minimum absolute atomic E-state index is 0.200. The number of benzene rings is 2. The fourth-order valence-corrected chi connectivity index (χ4v) is 2.97. The molecule has 2 amide bonds. The minimum Gasteiger partial charge on any atom is -0.383 e. The zero-order valence-corrected chi connectivity index (χ0v) is 15.3. The van der Waals surface area contributed by atoms with Crippen molar-refractivity contribution in [2.45, 2.75) is 5.75 Å². The lowest BCUT2D eigenvalue weighted by atomic mass is 10.1. The Hall–Kier alpha value is -2.38. The summed E-state index contributed by atoms with van der Waals surface area (Å²) in [6.45, 7) is 0.811. The second-order valence-electron chi connectivity index (χ2n) is 5.46. The second kappa shape index (κ2) is 10.6. The zero-order chi connectivity index (χ0) is 18.8. The third-order valence-electron chi connectivity index (χ3n) is 3.45. The van der Waals surface area contributed by atoms with E-state index >= 15 is 0 Å². The molecule has 0 fully saturated rings. The molecule has 0 heterocycles. The molecule has 26 heavy (non-hydrogen) atoms. The van der Waals surface area contributed by atoms with Crippen molar-refractivity contribution in [2.24, 2.45) is 0 Å². The van der Waals surface area contributed by atoms with E-state index in [1.54, 1.807) is 43.5 Å². The van der Waals surface area contributed by atoms with Crippen molar-refractivity contribution in [2.75, 3.05) is 31.3 Å². The van der Waals surface area contributed by atoms with Crippen molar-refractivity contribution in [3.05, 3.63) is 65.5 Å². The van der Waals surface area contributed by atoms with Crippen LogP contribution < -0.4 is 10.6 Å². The molecule has 0 aromatic heterocycles.